The van der Waals surface area contributed by atoms with Crippen LogP contribution in [0.25, 0.3) is 0 Å². The molecule has 2 nitrogen and oxygen atoms in total. The van der Waals surface area contributed by atoms with Crippen LogP contribution >= 0.6 is 11.6 Å². The molecule has 1 aliphatic heterocycles. The van der Waals surface area contributed by atoms with Crippen LogP contribution in [0, 0.1) is 0 Å². The molecule has 1 aromatic carbocycles. The fraction of sp³-hybridized carbons (Fsp3) is 0.467. The minimum Gasteiger partial charge on any atom is -0.301 e. The lowest BCUT2D eigenvalue weighted by Crippen LogP contribution is -2.30. The van der Waals surface area contributed by atoms with Crippen LogP contribution in [-0.2, 0) is 6.54 Å². The number of hydrogen-bond acceptors (Lipinski definition) is 2. The molecule has 0 aliphatic carbocycles. The second kappa shape index (κ2) is 6.93. The smallest absolute Gasteiger partial charge is 0.0863 e. The number of benzene rings is 1. The van der Waals surface area contributed by atoms with Crippen molar-refractivity contribution in [1.29, 1.82) is 0 Å². The van der Waals surface area contributed by atoms with Crippen molar-refractivity contribution in [2.75, 3.05) is 20.1 Å². The maximum absolute atomic E-state index is 6.09. The summed E-state index contributed by atoms with van der Waals surface area (Å²) in [6.07, 6.45) is 4.43. The minimum absolute atomic E-state index is 0.115. The molecule has 1 atom stereocenters. The van der Waals surface area contributed by atoms with Crippen molar-refractivity contribution in [3.63, 3.8) is 0 Å². The van der Waals surface area contributed by atoms with Gasteiger partial charge in [-0.25, -0.2) is 0 Å². The number of alkyl halides is 1. The molecule has 3 heteroatoms. The average Bonchev–Trinajstić information content (AvgIpc) is 2.38. The second-order valence-corrected chi connectivity index (χ2v) is 5.45. The van der Waals surface area contributed by atoms with Crippen molar-refractivity contribution in [3.8, 4) is 0 Å². The molecule has 1 unspecified atom stereocenters. The number of likely N-dealkylation sites (N-methyl/N-ethyl adjacent to an activating group) is 1. The van der Waals surface area contributed by atoms with Gasteiger partial charge in [-0.05, 0) is 25.5 Å². The van der Waals surface area contributed by atoms with Crippen LogP contribution in [0.15, 0.2) is 42.0 Å². The number of piperidine rings is 1. The molecule has 1 fully saturated rings. The van der Waals surface area contributed by atoms with Gasteiger partial charge in [-0.1, -0.05) is 42.0 Å². The Labute approximate surface area is 115 Å². The van der Waals surface area contributed by atoms with E-state index in [2.05, 4.69) is 53.7 Å². The molecule has 0 spiro atoms. The molecule has 1 aromatic rings. The van der Waals surface area contributed by atoms with E-state index >= 15 is 0 Å². The summed E-state index contributed by atoms with van der Waals surface area (Å²) < 4.78 is 0. The van der Waals surface area contributed by atoms with E-state index in [1.165, 1.54) is 11.1 Å². The zero-order valence-corrected chi connectivity index (χ0v) is 11.7. The Bertz CT molecular complexity index is 389. The first-order valence-corrected chi connectivity index (χ1v) is 6.95. The van der Waals surface area contributed by atoms with Crippen LogP contribution in [0.4, 0.5) is 0 Å². The van der Waals surface area contributed by atoms with Crippen LogP contribution in [0.5, 0.6) is 0 Å². The highest BCUT2D eigenvalue weighted by Crippen LogP contribution is 2.17. The number of halogens is 1. The van der Waals surface area contributed by atoms with Crippen LogP contribution in [0.3, 0.4) is 0 Å². The second-order valence-electron chi connectivity index (χ2n) is 4.92. The van der Waals surface area contributed by atoms with E-state index in [-0.39, 0.29) is 5.50 Å². The van der Waals surface area contributed by atoms with Crippen molar-refractivity contribution < 1.29 is 0 Å². The summed E-state index contributed by atoms with van der Waals surface area (Å²) >= 11 is 6.09. The zero-order chi connectivity index (χ0) is 12.8. The Morgan fingerprint density at radius 2 is 2.17 bits per heavy atom. The van der Waals surface area contributed by atoms with E-state index in [1.54, 1.807) is 0 Å². The summed E-state index contributed by atoms with van der Waals surface area (Å²) in [7, 11) is 2.16. The summed E-state index contributed by atoms with van der Waals surface area (Å²) in [5.74, 6) is 0. The van der Waals surface area contributed by atoms with Crippen LogP contribution < -0.4 is 5.32 Å². The third-order valence-electron chi connectivity index (χ3n) is 3.24. The maximum atomic E-state index is 6.09. The Balaban J connectivity index is 1.80. The normalized spacial score (nSPS) is 22.6. The van der Waals surface area contributed by atoms with Gasteiger partial charge in [-0.3, -0.25) is 4.90 Å². The molecule has 0 bridgehead atoms. The van der Waals surface area contributed by atoms with Gasteiger partial charge in [0.15, 0.2) is 0 Å². The van der Waals surface area contributed by atoms with Crippen molar-refractivity contribution >= 4 is 11.6 Å². The summed E-state index contributed by atoms with van der Waals surface area (Å²) in [5, 5.41) is 3.25. The molecule has 0 saturated carbocycles. The highest BCUT2D eigenvalue weighted by Gasteiger charge is 2.12. The molecule has 1 saturated heterocycles. The highest BCUT2D eigenvalue weighted by atomic mass is 35.5. The maximum Gasteiger partial charge on any atom is 0.0863 e. The first kappa shape index (κ1) is 13.6. The lowest BCUT2D eigenvalue weighted by atomic mass is 10.1. The third kappa shape index (κ3) is 4.45. The van der Waals surface area contributed by atoms with E-state index in [9.17, 15) is 0 Å². The molecule has 1 N–H and O–H groups in total. The lowest BCUT2D eigenvalue weighted by Gasteiger charge is -2.22. The van der Waals surface area contributed by atoms with E-state index in [0.29, 0.717) is 0 Å². The highest BCUT2D eigenvalue weighted by molar-refractivity contribution is 6.20. The number of hydrogen-bond donors (Lipinski definition) is 1. The fourth-order valence-corrected chi connectivity index (χ4v) is 2.53. The van der Waals surface area contributed by atoms with E-state index < -0.39 is 0 Å². The van der Waals surface area contributed by atoms with Gasteiger partial charge < -0.3 is 5.32 Å². The summed E-state index contributed by atoms with van der Waals surface area (Å²) in [4.78, 5) is 2.33. The molecular formula is C15H21ClN2. The minimum atomic E-state index is 0.115. The number of nitrogens with one attached hydrogen (secondary N) is 1. The van der Waals surface area contributed by atoms with Crippen molar-refractivity contribution in [1.82, 2.24) is 10.2 Å². The third-order valence-corrected chi connectivity index (χ3v) is 3.55. The number of rotatable bonds is 4. The quantitative estimate of drug-likeness (QED) is 0.511. The first-order valence-electron chi connectivity index (χ1n) is 6.52. The van der Waals surface area contributed by atoms with Gasteiger partial charge in [-0.15, -0.1) is 11.6 Å². The predicted molar refractivity (Wildman–Crippen MR) is 77.7 cm³/mol. The van der Waals surface area contributed by atoms with Crippen LogP contribution in [0.1, 0.15) is 18.4 Å². The van der Waals surface area contributed by atoms with Gasteiger partial charge in [-0.2, -0.15) is 0 Å². The summed E-state index contributed by atoms with van der Waals surface area (Å²) in [5.41, 5.74) is 2.96. The molecule has 0 radical (unpaired) electrons. The SMILES string of the molecule is CN(CC=C1CCNC(Cl)C1)Cc1ccccc1. The predicted octanol–water partition coefficient (Wildman–Crippen LogP) is 2.99. The van der Waals surface area contributed by atoms with E-state index in [1.807, 2.05) is 0 Å². The van der Waals surface area contributed by atoms with Crippen molar-refractivity contribution in [2.45, 2.75) is 24.9 Å². The van der Waals surface area contributed by atoms with Gasteiger partial charge in [0.1, 0.15) is 0 Å². The van der Waals surface area contributed by atoms with Crippen LogP contribution in [-0.4, -0.2) is 30.5 Å². The average molecular weight is 265 g/mol. The Morgan fingerprint density at radius 1 is 1.39 bits per heavy atom. The van der Waals surface area contributed by atoms with Crippen molar-refractivity contribution in [2.24, 2.45) is 0 Å². The monoisotopic (exact) mass is 264 g/mol. The molecule has 0 amide bonds. The molecule has 1 aliphatic rings. The lowest BCUT2D eigenvalue weighted by molar-refractivity contribution is 0.361. The molecule has 2 rings (SSSR count). The van der Waals surface area contributed by atoms with Gasteiger partial charge in [0.05, 0.1) is 5.50 Å². The van der Waals surface area contributed by atoms with Gasteiger partial charge in [0, 0.05) is 19.6 Å². The fourth-order valence-electron chi connectivity index (χ4n) is 2.22. The molecule has 98 valence electrons. The van der Waals surface area contributed by atoms with E-state index in [4.69, 9.17) is 11.6 Å². The largest absolute Gasteiger partial charge is 0.301 e. The molecule has 0 aromatic heterocycles. The summed E-state index contributed by atoms with van der Waals surface area (Å²) in [6, 6.07) is 10.6. The number of nitrogens with zero attached hydrogens (tertiary/aromatic N) is 1. The zero-order valence-electron chi connectivity index (χ0n) is 10.9. The van der Waals surface area contributed by atoms with Crippen LogP contribution in [0.2, 0.25) is 0 Å². The molecular weight excluding hydrogens is 244 g/mol. The topological polar surface area (TPSA) is 15.3 Å². The van der Waals surface area contributed by atoms with Crippen molar-refractivity contribution in [3.05, 3.63) is 47.5 Å². The molecule has 18 heavy (non-hydrogen) atoms. The Hall–Kier alpha value is -0.830. The van der Waals surface area contributed by atoms with Gasteiger partial charge >= 0.3 is 0 Å². The first-order chi connectivity index (χ1) is 8.74. The van der Waals surface area contributed by atoms with Gasteiger partial charge in [0.2, 0.25) is 0 Å². The standard InChI is InChI=1S/C15H21ClN2/c1-18(12-14-5-3-2-4-6-14)10-8-13-7-9-17-15(16)11-13/h2-6,8,15,17H,7,9-12H2,1H3. The Morgan fingerprint density at radius 3 is 2.89 bits per heavy atom. The Kier molecular flexibility index (Phi) is 5.24. The molecule has 1 heterocycles. The van der Waals surface area contributed by atoms with E-state index in [0.717, 1.165) is 32.5 Å². The summed E-state index contributed by atoms with van der Waals surface area (Å²) in [6.45, 7) is 2.99. The van der Waals surface area contributed by atoms with Gasteiger partial charge in [0.25, 0.3) is 0 Å².